The van der Waals surface area contributed by atoms with Crippen LogP contribution in [0.25, 0.3) is 0 Å². The summed E-state index contributed by atoms with van der Waals surface area (Å²) in [7, 11) is 0. The van der Waals surface area contributed by atoms with Crippen LogP contribution < -0.4 is 25.0 Å². The van der Waals surface area contributed by atoms with Crippen molar-refractivity contribution in [2.45, 2.75) is 40.3 Å². The molecule has 1 aromatic heterocycles. The molecule has 1 fully saturated rings. The van der Waals surface area contributed by atoms with E-state index >= 15 is 0 Å². The van der Waals surface area contributed by atoms with Gasteiger partial charge in [0, 0.05) is 49.8 Å². The third-order valence-electron chi connectivity index (χ3n) is 8.59. The van der Waals surface area contributed by atoms with E-state index in [2.05, 4.69) is 44.2 Å². The van der Waals surface area contributed by atoms with Gasteiger partial charge in [0.2, 0.25) is 11.8 Å². The number of benzene rings is 4. The average molecular weight is 677 g/mol. The van der Waals surface area contributed by atoms with E-state index in [9.17, 15) is 4.79 Å². The minimum Gasteiger partial charge on any atom is -0.489 e. The van der Waals surface area contributed by atoms with Gasteiger partial charge in [0.15, 0.2) is 0 Å². The van der Waals surface area contributed by atoms with E-state index in [0.717, 1.165) is 54.2 Å². The molecule has 1 saturated heterocycles. The van der Waals surface area contributed by atoms with E-state index in [1.165, 1.54) is 6.20 Å². The van der Waals surface area contributed by atoms with Gasteiger partial charge in [-0.2, -0.15) is 4.98 Å². The summed E-state index contributed by atoms with van der Waals surface area (Å²) >= 11 is 6.78. The second-order valence-electron chi connectivity index (χ2n) is 12.4. The van der Waals surface area contributed by atoms with Gasteiger partial charge in [-0.3, -0.25) is 9.69 Å². The van der Waals surface area contributed by atoms with Crippen molar-refractivity contribution in [3.63, 3.8) is 0 Å². The molecule has 1 amide bonds. The number of para-hydroxylation sites is 1. The number of carbonyl (C=O) groups is 1. The Hall–Kier alpha value is -5.12. The quantitative estimate of drug-likeness (QED) is 0.144. The van der Waals surface area contributed by atoms with Crippen LogP contribution in [0.4, 0.5) is 23.0 Å². The zero-order valence-electron chi connectivity index (χ0n) is 28.2. The number of carbonyl (C=O) groups excluding carboxylic acids is 1. The summed E-state index contributed by atoms with van der Waals surface area (Å²) < 4.78 is 12.2. The number of hydrogen-bond donors (Lipinski definition) is 2. The molecule has 10 heteroatoms. The highest BCUT2D eigenvalue weighted by Gasteiger charge is 2.22. The molecule has 1 aliphatic heterocycles. The van der Waals surface area contributed by atoms with Crippen LogP contribution in [0.3, 0.4) is 0 Å². The zero-order chi connectivity index (χ0) is 34.3. The van der Waals surface area contributed by atoms with Crippen molar-refractivity contribution in [2.75, 3.05) is 41.7 Å². The van der Waals surface area contributed by atoms with Crippen molar-refractivity contribution >= 4 is 40.5 Å². The average Bonchev–Trinajstić information content (AvgIpc) is 3.10. The minimum absolute atomic E-state index is 0.102. The topological polar surface area (TPSA) is 91.9 Å². The number of rotatable bonds is 11. The van der Waals surface area contributed by atoms with E-state index in [4.69, 9.17) is 21.1 Å². The Bertz CT molecular complexity index is 1870. The van der Waals surface area contributed by atoms with Gasteiger partial charge in [-0.05, 0) is 86.8 Å². The number of nitrogens with one attached hydrogen (secondary N) is 2. The van der Waals surface area contributed by atoms with Crippen molar-refractivity contribution in [2.24, 2.45) is 0 Å². The van der Waals surface area contributed by atoms with Gasteiger partial charge in [-0.25, -0.2) is 4.98 Å². The molecule has 0 bridgehead atoms. The van der Waals surface area contributed by atoms with Crippen molar-refractivity contribution in [3.05, 3.63) is 124 Å². The molecule has 0 spiro atoms. The van der Waals surface area contributed by atoms with Gasteiger partial charge in [0.25, 0.3) is 5.91 Å². The molecular weight excluding hydrogens is 636 g/mol. The number of aryl methyl sites for hydroxylation is 2. The van der Waals surface area contributed by atoms with Crippen LogP contribution in [0.5, 0.6) is 17.4 Å². The minimum atomic E-state index is -0.383. The lowest BCUT2D eigenvalue weighted by Crippen LogP contribution is -2.49. The zero-order valence-corrected chi connectivity index (χ0v) is 29.0. The number of aromatic nitrogens is 2. The van der Waals surface area contributed by atoms with Crippen LogP contribution in [0.2, 0.25) is 5.02 Å². The van der Waals surface area contributed by atoms with Crippen LogP contribution in [-0.4, -0.2) is 53.0 Å². The molecule has 2 N–H and O–H groups in total. The van der Waals surface area contributed by atoms with Crippen LogP contribution in [-0.2, 0) is 6.61 Å². The van der Waals surface area contributed by atoms with Gasteiger partial charge >= 0.3 is 0 Å². The Morgan fingerprint density at radius 2 is 1.57 bits per heavy atom. The highest BCUT2D eigenvalue weighted by atomic mass is 35.5. The maximum atomic E-state index is 13.6. The molecule has 0 atom stereocenters. The SMILES string of the molecule is Cc1cccc(C)c1NC(=O)c1cnc(Nc2ccc(N3CCN(C(C)C)CC3)c(Cl)c2)nc1Oc1ccc(OCc2ccccc2)cc1. The van der Waals surface area contributed by atoms with Crippen molar-refractivity contribution in [1.82, 2.24) is 14.9 Å². The standard InChI is InChI=1S/C39H41ClN6O3/c1-26(2)45-19-21-46(22-20-45)35-18-13-30(23-34(35)40)42-39-41-24-33(37(47)43-36-27(3)9-8-10-28(36)4)38(44-39)49-32-16-14-31(15-17-32)48-25-29-11-6-5-7-12-29/h5-18,23-24,26H,19-22,25H2,1-4H3,(H,43,47)(H,41,42,44). The largest absolute Gasteiger partial charge is 0.489 e. The smallest absolute Gasteiger partial charge is 0.262 e. The summed E-state index contributed by atoms with van der Waals surface area (Å²) in [4.78, 5) is 27.5. The second kappa shape index (κ2) is 15.4. The number of hydrogen-bond acceptors (Lipinski definition) is 8. The summed E-state index contributed by atoms with van der Waals surface area (Å²) in [5, 5.41) is 6.89. The lowest BCUT2D eigenvalue weighted by molar-refractivity contribution is 0.102. The maximum absolute atomic E-state index is 13.6. The van der Waals surface area contributed by atoms with Gasteiger partial charge in [0.1, 0.15) is 23.7 Å². The first kappa shape index (κ1) is 33.8. The molecule has 6 rings (SSSR count). The maximum Gasteiger partial charge on any atom is 0.262 e. The fraction of sp³-hybridized carbons (Fsp3) is 0.256. The van der Waals surface area contributed by atoms with Crippen LogP contribution in [0.15, 0.2) is 97.2 Å². The summed E-state index contributed by atoms with van der Waals surface area (Å²) in [6.07, 6.45) is 1.47. The molecule has 9 nitrogen and oxygen atoms in total. The Labute approximate surface area is 292 Å². The molecule has 0 radical (unpaired) electrons. The van der Waals surface area contributed by atoms with E-state index in [-0.39, 0.29) is 23.3 Å². The van der Waals surface area contributed by atoms with Crippen LogP contribution in [0.1, 0.15) is 40.9 Å². The van der Waals surface area contributed by atoms with E-state index in [1.54, 1.807) is 12.1 Å². The number of anilines is 4. The Morgan fingerprint density at radius 3 is 2.24 bits per heavy atom. The summed E-state index contributed by atoms with van der Waals surface area (Å²) in [6.45, 7) is 12.6. The van der Waals surface area contributed by atoms with Crippen LogP contribution >= 0.6 is 11.6 Å². The molecule has 5 aromatic rings. The number of piperazine rings is 1. The van der Waals surface area contributed by atoms with Gasteiger partial charge in [0.05, 0.1) is 10.7 Å². The molecule has 4 aromatic carbocycles. The van der Waals surface area contributed by atoms with Crippen molar-refractivity contribution in [3.8, 4) is 17.4 Å². The molecule has 0 aliphatic carbocycles. The first-order valence-electron chi connectivity index (χ1n) is 16.5. The Kier molecular flexibility index (Phi) is 10.6. The van der Waals surface area contributed by atoms with Gasteiger partial charge < -0.3 is 25.0 Å². The van der Waals surface area contributed by atoms with Crippen LogP contribution in [0, 0.1) is 13.8 Å². The highest BCUT2D eigenvalue weighted by molar-refractivity contribution is 6.33. The summed E-state index contributed by atoms with van der Waals surface area (Å²) in [5.74, 6) is 1.16. The monoisotopic (exact) mass is 676 g/mol. The molecule has 0 saturated carbocycles. The third kappa shape index (κ3) is 8.49. The van der Waals surface area contributed by atoms with Gasteiger partial charge in [-0.1, -0.05) is 60.1 Å². The number of amides is 1. The summed E-state index contributed by atoms with van der Waals surface area (Å²) in [5.41, 5.74) is 5.60. The fourth-order valence-electron chi connectivity index (χ4n) is 5.76. The molecule has 1 aliphatic rings. The van der Waals surface area contributed by atoms with E-state index < -0.39 is 0 Å². The molecule has 0 unspecified atom stereocenters. The fourth-order valence-corrected chi connectivity index (χ4v) is 6.06. The predicted octanol–water partition coefficient (Wildman–Crippen LogP) is 8.64. The van der Waals surface area contributed by atoms with E-state index in [1.807, 2.05) is 92.7 Å². The Morgan fingerprint density at radius 1 is 0.878 bits per heavy atom. The molecule has 49 heavy (non-hydrogen) atoms. The normalized spacial score (nSPS) is 13.3. The highest BCUT2D eigenvalue weighted by Crippen LogP contribution is 2.32. The molecule has 252 valence electrons. The second-order valence-corrected chi connectivity index (χ2v) is 12.8. The number of nitrogens with zero attached hydrogens (tertiary/aromatic N) is 4. The Balaban J connectivity index is 1.21. The summed E-state index contributed by atoms with van der Waals surface area (Å²) in [6, 6.07) is 29.4. The number of ether oxygens (including phenoxy) is 2. The number of halogens is 1. The third-order valence-corrected chi connectivity index (χ3v) is 8.90. The first-order chi connectivity index (χ1) is 23.7. The van der Waals surface area contributed by atoms with Crippen molar-refractivity contribution < 1.29 is 14.3 Å². The predicted molar refractivity (Wildman–Crippen MR) is 197 cm³/mol. The van der Waals surface area contributed by atoms with Crippen molar-refractivity contribution in [1.29, 1.82) is 0 Å². The van der Waals surface area contributed by atoms with Gasteiger partial charge in [-0.15, -0.1) is 0 Å². The molecular formula is C39H41ClN6O3. The lowest BCUT2D eigenvalue weighted by Gasteiger charge is -2.38. The molecule has 2 heterocycles. The lowest BCUT2D eigenvalue weighted by atomic mass is 10.1. The van der Waals surface area contributed by atoms with E-state index in [0.29, 0.717) is 34.9 Å². The first-order valence-corrected chi connectivity index (χ1v) is 16.9.